The number of carbonyl (C=O) groups excluding carboxylic acids is 1. The largest absolute Gasteiger partial charge is 0.342 e. The number of halogens is 1. The number of aromatic nitrogens is 2. The molecule has 2 aliphatic heterocycles. The van der Waals surface area contributed by atoms with E-state index in [0.717, 1.165) is 31.6 Å². The molecule has 1 N–H and O–H groups in total. The van der Waals surface area contributed by atoms with Crippen LogP contribution in [0.25, 0.3) is 11.1 Å². The smallest absolute Gasteiger partial charge is 0.332 e. The first-order valence-electron chi connectivity index (χ1n) is 7.53. The van der Waals surface area contributed by atoms with Crippen molar-refractivity contribution >= 4 is 6.03 Å². The molecule has 2 saturated heterocycles. The number of fused-ring (bicyclic) bond motifs is 2. The summed E-state index contributed by atoms with van der Waals surface area (Å²) in [4.78, 5) is 14.7. The second kappa shape index (κ2) is 5.21. The van der Waals surface area contributed by atoms with Gasteiger partial charge in [-0.15, -0.1) is 0 Å². The Labute approximate surface area is 127 Å². The first-order chi connectivity index (χ1) is 10.7. The number of rotatable bonds is 2. The summed E-state index contributed by atoms with van der Waals surface area (Å²) in [5.41, 5.74) is 1.44. The number of carbonyl (C=O) groups is 1. The van der Waals surface area contributed by atoms with E-state index in [2.05, 4.69) is 15.3 Å². The van der Waals surface area contributed by atoms with Crippen LogP contribution in [0.3, 0.4) is 0 Å². The van der Waals surface area contributed by atoms with Crippen LogP contribution in [-0.4, -0.2) is 46.4 Å². The van der Waals surface area contributed by atoms with E-state index in [0.29, 0.717) is 11.5 Å². The monoisotopic (exact) mass is 300 g/mol. The van der Waals surface area contributed by atoms with Crippen molar-refractivity contribution in [3.63, 3.8) is 0 Å². The van der Waals surface area contributed by atoms with E-state index in [-0.39, 0.29) is 17.9 Å². The van der Waals surface area contributed by atoms with Gasteiger partial charge in [0.15, 0.2) is 0 Å². The molecule has 0 radical (unpaired) electrons. The maximum atomic E-state index is 13.3. The summed E-state index contributed by atoms with van der Waals surface area (Å²) in [6.45, 7) is 3.15. The summed E-state index contributed by atoms with van der Waals surface area (Å²) in [6, 6.07) is 6.26. The van der Waals surface area contributed by atoms with Crippen molar-refractivity contribution in [2.45, 2.75) is 12.5 Å². The van der Waals surface area contributed by atoms with Crippen molar-refractivity contribution in [2.75, 3.05) is 19.6 Å². The van der Waals surface area contributed by atoms with Crippen molar-refractivity contribution in [3.05, 3.63) is 42.5 Å². The fourth-order valence-corrected chi connectivity index (χ4v) is 3.42. The summed E-state index contributed by atoms with van der Waals surface area (Å²) in [5.74, 6) is 0.257. The number of nitrogens with one attached hydrogen (secondary N) is 1. The number of hydrogen-bond donors (Lipinski definition) is 1. The van der Waals surface area contributed by atoms with Crippen LogP contribution in [-0.2, 0) is 0 Å². The minimum atomic E-state index is -0.300. The molecule has 5 nitrogen and oxygen atoms in total. The van der Waals surface area contributed by atoms with E-state index in [9.17, 15) is 9.18 Å². The van der Waals surface area contributed by atoms with Gasteiger partial charge in [-0.1, -0.05) is 12.1 Å². The molecule has 2 fully saturated rings. The highest BCUT2D eigenvalue weighted by molar-refractivity contribution is 5.77. The molecule has 2 aliphatic rings. The maximum absolute atomic E-state index is 13.3. The van der Waals surface area contributed by atoms with Crippen molar-refractivity contribution < 1.29 is 9.18 Å². The lowest BCUT2D eigenvalue weighted by atomic mass is 10.0. The minimum absolute atomic E-state index is 0.211. The third-order valence-corrected chi connectivity index (χ3v) is 4.59. The Kier molecular flexibility index (Phi) is 3.18. The Morgan fingerprint density at radius 1 is 1.32 bits per heavy atom. The zero-order valence-corrected chi connectivity index (χ0v) is 12.1. The van der Waals surface area contributed by atoms with Gasteiger partial charge < -0.3 is 10.2 Å². The summed E-state index contributed by atoms with van der Waals surface area (Å²) >= 11 is 0. The fraction of sp³-hybridized carbons (Fsp3) is 0.375. The molecule has 1 amide bonds. The lowest BCUT2D eigenvalue weighted by Crippen LogP contribution is -2.45. The Hall–Kier alpha value is -2.21. The zero-order valence-electron chi connectivity index (χ0n) is 12.1. The van der Waals surface area contributed by atoms with Gasteiger partial charge >= 0.3 is 6.03 Å². The molecule has 2 bridgehead atoms. The van der Waals surface area contributed by atoms with Crippen LogP contribution in [0.4, 0.5) is 9.18 Å². The molecular formula is C16H17FN4O. The Morgan fingerprint density at radius 3 is 2.95 bits per heavy atom. The molecule has 2 aromatic rings. The van der Waals surface area contributed by atoms with Crippen LogP contribution in [0.15, 0.2) is 36.7 Å². The van der Waals surface area contributed by atoms with Crippen molar-refractivity contribution in [1.29, 1.82) is 0 Å². The highest BCUT2D eigenvalue weighted by atomic mass is 19.1. The Bertz CT molecular complexity index is 714. The fourth-order valence-electron chi connectivity index (χ4n) is 3.42. The number of hydrogen-bond acceptors (Lipinski definition) is 3. The molecule has 114 valence electrons. The van der Waals surface area contributed by atoms with Gasteiger partial charge in [0.2, 0.25) is 0 Å². The number of nitrogens with zero attached hydrogens (tertiary/aromatic N) is 3. The predicted octanol–water partition coefficient (Wildman–Crippen LogP) is 1.95. The van der Waals surface area contributed by atoms with E-state index in [4.69, 9.17) is 0 Å². The molecule has 3 atom stereocenters. The van der Waals surface area contributed by atoms with Crippen molar-refractivity contribution in [1.82, 2.24) is 20.0 Å². The zero-order chi connectivity index (χ0) is 15.1. The lowest BCUT2D eigenvalue weighted by Gasteiger charge is -2.22. The normalized spacial score (nSPS) is 26.3. The molecular weight excluding hydrogens is 283 g/mol. The molecule has 2 unspecified atom stereocenters. The average Bonchev–Trinajstić information content (AvgIpc) is 3.23. The minimum Gasteiger partial charge on any atom is -0.332 e. The highest BCUT2D eigenvalue weighted by Gasteiger charge is 2.38. The van der Waals surface area contributed by atoms with E-state index in [1.54, 1.807) is 24.5 Å². The van der Waals surface area contributed by atoms with Crippen LogP contribution in [0.2, 0.25) is 0 Å². The second-order valence-corrected chi connectivity index (χ2v) is 6.05. The molecule has 6 heteroatoms. The predicted molar refractivity (Wildman–Crippen MR) is 79.9 cm³/mol. The van der Waals surface area contributed by atoms with Gasteiger partial charge in [-0.2, -0.15) is 9.78 Å². The standard InChI is InChI=1S/C16H17FN4O/c17-14-3-1-2-11(6-14)13-7-18-21(9-13)16(22)19-15-10-20-5-4-12(15)8-20/h1-3,6-7,9,12,15H,4-5,8,10H2,(H,19,22)/t12-,15?/m0/s1. The third kappa shape index (κ3) is 2.39. The van der Waals surface area contributed by atoms with Gasteiger partial charge in [0.1, 0.15) is 5.82 Å². The Balaban J connectivity index is 1.48. The third-order valence-electron chi connectivity index (χ3n) is 4.59. The van der Waals surface area contributed by atoms with E-state index >= 15 is 0 Å². The molecule has 0 aliphatic carbocycles. The SMILES string of the molecule is O=C(NC1CN2CC[C@H]1C2)n1cc(-c2cccc(F)c2)cn1. The van der Waals surface area contributed by atoms with Crippen molar-refractivity contribution in [2.24, 2.45) is 5.92 Å². The summed E-state index contributed by atoms with van der Waals surface area (Å²) in [5, 5.41) is 7.14. The van der Waals surface area contributed by atoms with E-state index in [1.165, 1.54) is 16.8 Å². The molecule has 3 heterocycles. The van der Waals surface area contributed by atoms with Gasteiger partial charge in [0.25, 0.3) is 0 Å². The van der Waals surface area contributed by atoms with Gasteiger partial charge in [-0.3, -0.25) is 0 Å². The Morgan fingerprint density at radius 2 is 2.23 bits per heavy atom. The first-order valence-corrected chi connectivity index (χ1v) is 7.53. The van der Waals surface area contributed by atoms with Crippen LogP contribution in [0.5, 0.6) is 0 Å². The van der Waals surface area contributed by atoms with Gasteiger partial charge in [-0.25, -0.2) is 9.18 Å². The van der Waals surface area contributed by atoms with Crippen LogP contribution in [0, 0.1) is 11.7 Å². The number of amides is 1. The van der Waals surface area contributed by atoms with Gasteiger partial charge in [0.05, 0.1) is 6.20 Å². The quantitative estimate of drug-likeness (QED) is 0.922. The topological polar surface area (TPSA) is 50.2 Å². The van der Waals surface area contributed by atoms with E-state index < -0.39 is 0 Å². The molecule has 0 spiro atoms. The highest BCUT2D eigenvalue weighted by Crippen LogP contribution is 2.27. The number of benzene rings is 1. The summed E-state index contributed by atoms with van der Waals surface area (Å²) < 4.78 is 14.6. The lowest BCUT2D eigenvalue weighted by molar-refractivity contribution is 0.228. The van der Waals surface area contributed by atoms with Gasteiger partial charge in [0, 0.05) is 30.9 Å². The van der Waals surface area contributed by atoms with Crippen LogP contribution < -0.4 is 5.32 Å². The summed E-state index contributed by atoms with van der Waals surface area (Å²) in [7, 11) is 0. The van der Waals surface area contributed by atoms with E-state index in [1.807, 2.05) is 0 Å². The number of piperidine rings is 1. The molecule has 4 rings (SSSR count). The van der Waals surface area contributed by atoms with Crippen molar-refractivity contribution in [3.8, 4) is 11.1 Å². The van der Waals surface area contributed by atoms with Gasteiger partial charge in [-0.05, 0) is 36.6 Å². The molecule has 1 aromatic heterocycles. The van der Waals surface area contributed by atoms with Crippen LogP contribution in [0.1, 0.15) is 6.42 Å². The molecule has 22 heavy (non-hydrogen) atoms. The second-order valence-electron chi connectivity index (χ2n) is 6.05. The maximum Gasteiger partial charge on any atom is 0.342 e. The average molecular weight is 300 g/mol. The first kappa shape index (κ1) is 13.5. The summed E-state index contributed by atoms with van der Waals surface area (Å²) in [6.07, 6.45) is 4.37. The molecule has 0 saturated carbocycles. The van der Waals surface area contributed by atoms with Crippen LogP contribution >= 0.6 is 0 Å². The molecule has 1 aromatic carbocycles.